The zero-order valence-electron chi connectivity index (χ0n) is 10.7. The number of β-amino-alcohol motifs (C(OH)–C–C–N with tert-alkyl or cyclic N) is 1. The average Bonchev–Trinajstić information content (AvgIpc) is 2.39. The van der Waals surface area contributed by atoms with Crippen LogP contribution in [0, 0.1) is 0 Å². The fourth-order valence-electron chi connectivity index (χ4n) is 2.19. The molecule has 1 aromatic carbocycles. The van der Waals surface area contributed by atoms with Gasteiger partial charge in [-0.15, -0.1) is 0 Å². The highest BCUT2D eigenvalue weighted by atomic mass is 79.9. The van der Waals surface area contributed by atoms with E-state index in [0.29, 0.717) is 13.1 Å². The molecule has 1 heterocycles. The number of nitrogens with one attached hydrogen (secondary N) is 1. The molecule has 2 rings (SSSR count). The number of carbonyl (C=O) groups is 1. The molecule has 2 N–H and O–H groups in total. The van der Waals surface area contributed by atoms with Gasteiger partial charge in [0.15, 0.2) is 5.60 Å². The Kier molecular flexibility index (Phi) is 4.72. The summed E-state index contributed by atoms with van der Waals surface area (Å²) in [5, 5.41) is 13.0. The molecule has 1 aromatic rings. The van der Waals surface area contributed by atoms with Crippen molar-refractivity contribution in [1.29, 1.82) is 0 Å². The highest BCUT2D eigenvalue weighted by Crippen LogP contribution is 2.30. The van der Waals surface area contributed by atoms with Gasteiger partial charge in [-0.2, -0.15) is 0 Å². The number of nitrogens with zero attached hydrogens (tertiary/aromatic N) is 1. The molecule has 1 saturated heterocycles. The predicted octanol–water partition coefficient (Wildman–Crippen LogP) is 1.33. The van der Waals surface area contributed by atoms with Crippen LogP contribution in [0.2, 0.25) is 0 Å². The third-order valence-electron chi connectivity index (χ3n) is 3.29. The highest BCUT2D eigenvalue weighted by molar-refractivity contribution is 9.10. The van der Waals surface area contributed by atoms with Gasteiger partial charge in [0.25, 0.3) is 6.43 Å². The summed E-state index contributed by atoms with van der Waals surface area (Å²) in [5.41, 5.74) is -2.14. The van der Waals surface area contributed by atoms with Crippen molar-refractivity contribution in [2.75, 3.05) is 26.2 Å². The van der Waals surface area contributed by atoms with E-state index in [4.69, 9.17) is 0 Å². The van der Waals surface area contributed by atoms with Crippen molar-refractivity contribution in [3.8, 4) is 0 Å². The first-order valence-electron chi connectivity index (χ1n) is 6.17. The van der Waals surface area contributed by atoms with Crippen LogP contribution in [0.5, 0.6) is 0 Å². The SMILES string of the molecule is O=C1CN(CC(O)(c2ccc(Br)cc2)C(F)F)CCN1. The number of rotatable bonds is 4. The van der Waals surface area contributed by atoms with Crippen molar-refractivity contribution < 1.29 is 18.7 Å². The van der Waals surface area contributed by atoms with E-state index < -0.39 is 12.0 Å². The Hall–Kier alpha value is -1.05. The zero-order chi connectivity index (χ0) is 14.8. The molecule has 1 amide bonds. The minimum absolute atomic E-state index is 0.0194. The molecule has 7 heteroatoms. The number of carbonyl (C=O) groups excluding carboxylic acids is 1. The quantitative estimate of drug-likeness (QED) is 0.863. The molecule has 0 saturated carbocycles. The second-order valence-electron chi connectivity index (χ2n) is 4.79. The summed E-state index contributed by atoms with van der Waals surface area (Å²) in [4.78, 5) is 12.8. The molecule has 0 spiro atoms. The molecule has 0 bridgehead atoms. The van der Waals surface area contributed by atoms with Crippen molar-refractivity contribution in [3.63, 3.8) is 0 Å². The van der Waals surface area contributed by atoms with Gasteiger partial charge in [-0.25, -0.2) is 8.78 Å². The van der Waals surface area contributed by atoms with E-state index in [1.165, 1.54) is 17.0 Å². The molecule has 0 aliphatic carbocycles. The Balaban J connectivity index is 2.20. The molecular weight excluding hydrogens is 334 g/mol. The lowest BCUT2D eigenvalue weighted by atomic mass is 9.93. The van der Waals surface area contributed by atoms with E-state index in [9.17, 15) is 18.7 Å². The predicted molar refractivity (Wildman–Crippen MR) is 73.5 cm³/mol. The van der Waals surface area contributed by atoms with Crippen molar-refractivity contribution >= 4 is 21.8 Å². The Bertz CT molecular complexity index is 484. The monoisotopic (exact) mass is 348 g/mol. The molecule has 1 atom stereocenters. The second-order valence-corrected chi connectivity index (χ2v) is 5.71. The topological polar surface area (TPSA) is 52.6 Å². The van der Waals surface area contributed by atoms with Crippen LogP contribution in [-0.2, 0) is 10.4 Å². The number of hydrogen-bond donors (Lipinski definition) is 2. The van der Waals surface area contributed by atoms with E-state index in [1.807, 2.05) is 0 Å². The Labute approximate surface area is 123 Å². The number of halogens is 3. The van der Waals surface area contributed by atoms with Crippen LogP contribution in [0.3, 0.4) is 0 Å². The van der Waals surface area contributed by atoms with E-state index in [0.717, 1.165) is 4.47 Å². The van der Waals surface area contributed by atoms with Crippen LogP contribution in [0.15, 0.2) is 28.7 Å². The van der Waals surface area contributed by atoms with E-state index in [2.05, 4.69) is 21.2 Å². The number of amides is 1. The first-order chi connectivity index (χ1) is 9.41. The molecule has 110 valence electrons. The third-order valence-corrected chi connectivity index (χ3v) is 3.82. The standard InChI is InChI=1S/C13H15BrF2N2O2/c14-10-3-1-9(2-4-10)13(20,12(15)16)8-18-6-5-17-11(19)7-18/h1-4,12,20H,5-8H2,(H,17,19). The highest BCUT2D eigenvalue weighted by Gasteiger charge is 2.41. The summed E-state index contributed by atoms with van der Waals surface area (Å²) in [7, 11) is 0. The minimum atomic E-state index is -2.94. The van der Waals surface area contributed by atoms with E-state index in [-0.39, 0.29) is 24.6 Å². The van der Waals surface area contributed by atoms with Crippen molar-refractivity contribution in [1.82, 2.24) is 10.2 Å². The molecule has 1 unspecified atom stereocenters. The second kappa shape index (κ2) is 6.15. The van der Waals surface area contributed by atoms with Crippen LogP contribution < -0.4 is 5.32 Å². The van der Waals surface area contributed by atoms with Gasteiger partial charge in [0.1, 0.15) is 0 Å². The summed E-state index contributed by atoms with van der Waals surface area (Å²) in [6.07, 6.45) is -2.94. The van der Waals surface area contributed by atoms with E-state index in [1.54, 1.807) is 12.1 Å². The fourth-order valence-corrected chi connectivity index (χ4v) is 2.46. The van der Waals surface area contributed by atoms with Gasteiger partial charge in [-0.3, -0.25) is 9.69 Å². The smallest absolute Gasteiger partial charge is 0.272 e. The van der Waals surface area contributed by atoms with Gasteiger partial charge in [0.2, 0.25) is 5.91 Å². The summed E-state index contributed by atoms with van der Waals surface area (Å²) < 4.78 is 27.4. The maximum atomic E-state index is 13.3. The number of benzene rings is 1. The van der Waals surface area contributed by atoms with Gasteiger partial charge < -0.3 is 10.4 Å². The van der Waals surface area contributed by atoms with Gasteiger partial charge >= 0.3 is 0 Å². The Morgan fingerprint density at radius 2 is 2.05 bits per heavy atom. The first-order valence-corrected chi connectivity index (χ1v) is 6.97. The average molecular weight is 349 g/mol. The van der Waals surface area contributed by atoms with Crippen molar-refractivity contribution in [3.05, 3.63) is 34.3 Å². The van der Waals surface area contributed by atoms with E-state index >= 15 is 0 Å². The maximum Gasteiger partial charge on any atom is 0.272 e. The normalized spacial score (nSPS) is 19.8. The van der Waals surface area contributed by atoms with Crippen molar-refractivity contribution in [2.24, 2.45) is 0 Å². The van der Waals surface area contributed by atoms with Crippen LogP contribution >= 0.6 is 15.9 Å². The number of aliphatic hydroxyl groups is 1. The van der Waals surface area contributed by atoms with Crippen LogP contribution in [-0.4, -0.2) is 48.5 Å². The zero-order valence-corrected chi connectivity index (χ0v) is 12.2. The molecule has 1 fully saturated rings. The van der Waals surface area contributed by atoms with Gasteiger partial charge in [0.05, 0.1) is 6.54 Å². The third kappa shape index (κ3) is 3.34. The summed E-state index contributed by atoms with van der Waals surface area (Å²) in [6, 6.07) is 6.12. The molecule has 4 nitrogen and oxygen atoms in total. The maximum absolute atomic E-state index is 13.3. The Morgan fingerprint density at radius 3 is 2.60 bits per heavy atom. The Morgan fingerprint density at radius 1 is 1.40 bits per heavy atom. The summed E-state index contributed by atoms with van der Waals surface area (Å²) >= 11 is 3.22. The lowest BCUT2D eigenvalue weighted by Gasteiger charge is -2.35. The largest absolute Gasteiger partial charge is 0.378 e. The number of hydrogen-bond acceptors (Lipinski definition) is 3. The lowest BCUT2D eigenvalue weighted by Crippen LogP contribution is -2.54. The number of piperazine rings is 1. The lowest BCUT2D eigenvalue weighted by molar-refractivity contribution is -0.134. The number of alkyl halides is 2. The van der Waals surface area contributed by atoms with Crippen LogP contribution in [0.1, 0.15) is 5.56 Å². The molecule has 20 heavy (non-hydrogen) atoms. The van der Waals surface area contributed by atoms with Crippen LogP contribution in [0.4, 0.5) is 8.78 Å². The van der Waals surface area contributed by atoms with Crippen LogP contribution in [0.25, 0.3) is 0 Å². The summed E-state index contributed by atoms with van der Waals surface area (Å²) in [5.74, 6) is -0.219. The van der Waals surface area contributed by atoms with Crippen molar-refractivity contribution in [2.45, 2.75) is 12.0 Å². The fraction of sp³-hybridized carbons (Fsp3) is 0.462. The molecule has 0 aromatic heterocycles. The molecule has 0 radical (unpaired) electrons. The van der Waals surface area contributed by atoms with Gasteiger partial charge in [-0.1, -0.05) is 28.1 Å². The molecular formula is C13H15BrF2N2O2. The summed E-state index contributed by atoms with van der Waals surface area (Å²) in [6.45, 7) is 0.584. The minimum Gasteiger partial charge on any atom is -0.378 e. The van der Waals surface area contributed by atoms with Gasteiger partial charge in [-0.05, 0) is 17.7 Å². The first kappa shape index (κ1) is 15.3. The molecule has 1 aliphatic rings. The molecule has 1 aliphatic heterocycles. The van der Waals surface area contributed by atoms with Gasteiger partial charge in [0, 0.05) is 24.1 Å².